The zero-order valence-electron chi connectivity index (χ0n) is 8.84. The Kier molecular flexibility index (Phi) is 6.20. The van der Waals surface area contributed by atoms with Crippen molar-refractivity contribution in [2.45, 2.75) is 0 Å². The summed E-state index contributed by atoms with van der Waals surface area (Å²) in [7, 11) is 1.43. The molecule has 0 aromatic carbocycles. The number of amides is 2. The van der Waals surface area contributed by atoms with Crippen LogP contribution in [0.4, 0.5) is 0 Å². The van der Waals surface area contributed by atoms with Gasteiger partial charge in [0, 0.05) is 0 Å². The van der Waals surface area contributed by atoms with Gasteiger partial charge < -0.3 is 22.9 Å². The molecule has 8 nitrogen and oxygen atoms in total. The second-order valence-corrected chi connectivity index (χ2v) is 4.81. The molecular formula is C8H8N6O2S2. The van der Waals surface area contributed by atoms with Crippen LogP contribution >= 0.6 is 21.6 Å². The number of hydrogen-bond donors (Lipinski definition) is 4. The van der Waals surface area contributed by atoms with Gasteiger partial charge in [0.05, 0.1) is 0 Å². The lowest BCUT2D eigenvalue weighted by molar-refractivity contribution is -0.115. The Bertz CT molecular complexity index is 477. The Morgan fingerprint density at radius 1 is 0.778 bits per heavy atom. The van der Waals surface area contributed by atoms with Crippen molar-refractivity contribution in [2.24, 2.45) is 22.9 Å². The van der Waals surface area contributed by atoms with Crippen LogP contribution in [0.15, 0.2) is 21.2 Å². The quantitative estimate of drug-likeness (QED) is 0.273. The van der Waals surface area contributed by atoms with Crippen LogP contribution < -0.4 is 22.9 Å². The van der Waals surface area contributed by atoms with Crippen LogP contribution in [0, 0.1) is 22.7 Å². The molecule has 0 aliphatic rings. The number of hydrogen-bond acceptors (Lipinski definition) is 8. The van der Waals surface area contributed by atoms with Crippen molar-refractivity contribution >= 4 is 33.4 Å². The van der Waals surface area contributed by atoms with E-state index in [1.807, 2.05) is 0 Å². The third-order valence-electron chi connectivity index (χ3n) is 1.43. The van der Waals surface area contributed by atoms with Gasteiger partial charge in [-0.05, 0) is 21.6 Å². The Labute approximate surface area is 110 Å². The van der Waals surface area contributed by atoms with Crippen LogP contribution in [-0.4, -0.2) is 11.8 Å². The lowest BCUT2D eigenvalue weighted by Gasteiger charge is -2.03. The summed E-state index contributed by atoms with van der Waals surface area (Å²) < 4.78 is 0. The van der Waals surface area contributed by atoms with Gasteiger partial charge in [-0.25, -0.2) is 0 Å². The van der Waals surface area contributed by atoms with E-state index in [9.17, 15) is 9.59 Å². The molecule has 0 unspecified atom stereocenters. The fourth-order valence-corrected chi connectivity index (χ4v) is 2.31. The van der Waals surface area contributed by atoms with E-state index in [2.05, 4.69) is 0 Å². The van der Waals surface area contributed by atoms with Crippen molar-refractivity contribution in [1.29, 1.82) is 10.5 Å². The molecule has 0 saturated heterocycles. The van der Waals surface area contributed by atoms with Crippen molar-refractivity contribution in [3.05, 3.63) is 21.2 Å². The molecule has 0 radical (unpaired) electrons. The molecule has 94 valence electrons. The highest BCUT2D eigenvalue weighted by Crippen LogP contribution is 2.33. The molecule has 0 spiro atoms. The minimum atomic E-state index is -0.985. The lowest BCUT2D eigenvalue weighted by Crippen LogP contribution is -2.17. The van der Waals surface area contributed by atoms with Crippen molar-refractivity contribution in [3.8, 4) is 12.1 Å². The first-order chi connectivity index (χ1) is 8.34. The molecule has 0 atom stereocenters. The Morgan fingerprint density at radius 3 is 1.22 bits per heavy atom. The van der Waals surface area contributed by atoms with Gasteiger partial charge in [-0.15, -0.1) is 0 Å². The number of carbonyl (C=O) groups is 2. The van der Waals surface area contributed by atoms with Gasteiger partial charge in [-0.3, -0.25) is 9.59 Å². The van der Waals surface area contributed by atoms with Crippen molar-refractivity contribution < 1.29 is 9.59 Å². The molecule has 0 aliphatic carbocycles. The average Bonchev–Trinajstić information content (AvgIpc) is 2.27. The Balaban J connectivity index is 5.02. The van der Waals surface area contributed by atoms with Gasteiger partial charge in [0.25, 0.3) is 11.8 Å². The van der Waals surface area contributed by atoms with Crippen LogP contribution in [0.1, 0.15) is 0 Å². The minimum Gasteiger partial charge on any atom is -0.392 e. The van der Waals surface area contributed by atoms with Gasteiger partial charge in [-0.1, -0.05) is 0 Å². The normalized spacial score (nSPS) is 12.6. The first kappa shape index (κ1) is 15.7. The molecular weight excluding hydrogens is 276 g/mol. The fraction of sp³-hybridized carbons (Fsp3) is 0. The molecule has 0 fully saturated rings. The minimum absolute atomic E-state index is 0.181. The molecule has 18 heavy (non-hydrogen) atoms. The number of nitriles is 2. The number of nitrogens with zero attached hydrogens (tertiary/aromatic N) is 2. The summed E-state index contributed by atoms with van der Waals surface area (Å²) in [5.74, 6) is -1.97. The van der Waals surface area contributed by atoms with Crippen LogP contribution in [0.5, 0.6) is 0 Å². The Morgan fingerprint density at radius 2 is 1.06 bits per heavy atom. The van der Waals surface area contributed by atoms with Crippen LogP contribution in [0.2, 0.25) is 0 Å². The standard InChI is InChI=1S/C8H8N6O2S2/c9-1-3(5(11)15)7(13)17-18-8(14)4(2-10)6(12)16/h13-14H2,(H2,11,15)(H2,12,16). The second kappa shape index (κ2) is 7.11. The third-order valence-corrected chi connectivity index (χ3v) is 3.61. The van der Waals surface area contributed by atoms with E-state index in [0.717, 1.165) is 0 Å². The van der Waals surface area contributed by atoms with Crippen molar-refractivity contribution in [1.82, 2.24) is 0 Å². The van der Waals surface area contributed by atoms with E-state index in [4.69, 9.17) is 33.5 Å². The number of primary amides is 2. The van der Waals surface area contributed by atoms with Crippen molar-refractivity contribution in [2.75, 3.05) is 0 Å². The van der Waals surface area contributed by atoms with Crippen LogP contribution in [0.25, 0.3) is 0 Å². The summed E-state index contributed by atoms with van der Waals surface area (Å²) in [5.41, 5.74) is 19.8. The Hall–Kier alpha value is -2.30. The molecule has 8 N–H and O–H groups in total. The lowest BCUT2D eigenvalue weighted by atomic mass is 10.3. The van der Waals surface area contributed by atoms with Gasteiger partial charge in [-0.2, -0.15) is 10.5 Å². The summed E-state index contributed by atoms with van der Waals surface area (Å²) in [6.45, 7) is 0. The third kappa shape index (κ3) is 4.29. The molecule has 10 heteroatoms. The molecule has 0 heterocycles. The van der Waals surface area contributed by atoms with E-state index >= 15 is 0 Å². The summed E-state index contributed by atoms with van der Waals surface area (Å²) >= 11 is 0. The maximum atomic E-state index is 10.8. The molecule has 0 saturated carbocycles. The molecule has 0 aliphatic heterocycles. The zero-order valence-corrected chi connectivity index (χ0v) is 10.5. The SMILES string of the molecule is N#CC(C(N)=O)=C(N)SSC(N)=C(C#N)C(N)=O. The zero-order chi connectivity index (χ0) is 14.3. The molecule has 0 rings (SSSR count). The molecule has 0 bridgehead atoms. The van der Waals surface area contributed by atoms with Crippen molar-refractivity contribution in [3.63, 3.8) is 0 Å². The maximum Gasteiger partial charge on any atom is 0.262 e. The van der Waals surface area contributed by atoms with Gasteiger partial charge >= 0.3 is 0 Å². The molecule has 0 aromatic rings. The highest BCUT2D eigenvalue weighted by atomic mass is 33.1. The first-order valence-electron chi connectivity index (χ1n) is 4.09. The summed E-state index contributed by atoms with van der Waals surface area (Å²) in [6, 6.07) is 3.05. The monoisotopic (exact) mass is 284 g/mol. The van der Waals surface area contributed by atoms with Crippen LogP contribution in [0.3, 0.4) is 0 Å². The summed E-state index contributed by atoms with van der Waals surface area (Å²) in [6.07, 6.45) is 0. The van der Waals surface area contributed by atoms with E-state index in [0.29, 0.717) is 21.6 Å². The largest absolute Gasteiger partial charge is 0.392 e. The highest BCUT2D eigenvalue weighted by molar-refractivity contribution is 8.79. The van der Waals surface area contributed by atoms with E-state index < -0.39 is 23.0 Å². The first-order valence-corrected chi connectivity index (χ1v) is 6.23. The number of nitrogens with two attached hydrogens (primary N) is 4. The second-order valence-electron chi connectivity index (χ2n) is 2.60. The maximum absolute atomic E-state index is 10.8. The fourth-order valence-electron chi connectivity index (χ4n) is 0.636. The number of rotatable bonds is 5. The van der Waals surface area contributed by atoms with Gasteiger partial charge in [0.2, 0.25) is 0 Å². The molecule has 2 amide bonds. The predicted molar refractivity (Wildman–Crippen MR) is 67.2 cm³/mol. The summed E-state index contributed by atoms with van der Waals surface area (Å²) in [4.78, 5) is 21.6. The highest BCUT2D eigenvalue weighted by Gasteiger charge is 2.14. The van der Waals surface area contributed by atoms with E-state index in [1.165, 1.54) is 12.1 Å². The van der Waals surface area contributed by atoms with E-state index in [1.54, 1.807) is 0 Å². The summed E-state index contributed by atoms with van der Waals surface area (Å²) in [5, 5.41) is 16.8. The predicted octanol–water partition coefficient (Wildman–Crippen LogP) is -1.27. The molecule has 0 aromatic heterocycles. The average molecular weight is 284 g/mol. The number of carbonyl (C=O) groups excluding carboxylic acids is 2. The van der Waals surface area contributed by atoms with Gasteiger partial charge in [0.15, 0.2) is 0 Å². The van der Waals surface area contributed by atoms with Gasteiger partial charge in [0.1, 0.15) is 33.3 Å². The van der Waals surface area contributed by atoms with Crippen LogP contribution in [-0.2, 0) is 9.59 Å². The topological polar surface area (TPSA) is 186 Å². The van der Waals surface area contributed by atoms with E-state index in [-0.39, 0.29) is 10.1 Å². The smallest absolute Gasteiger partial charge is 0.262 e.